The van der Waals surface area contributed by atoms with E-state index in [-0.39, 0.29) is 0 Å². The second-order valence-corrected chi connectivity index (χ2v) is 5.07. The molecule has 3 nitrogen and oxygen atoms in total. The summed E-state index contributed by atoms with van der Waals surface area (Å²) in [6, 6.07) is 16.1. The predicted molar refractivity (Wildman–Crippen MR) is 91.9 cm³/mol. The summed E-state index contributed by atoms with van der Waals surface area (Å²) in [6.45, 7) is 2.82. The van der Waals surface area contributed by atoms with Gasteiger partial charge in [-0.3, -0.25) is 0 Å². The highest BCUT2D eigenvalue weighted by atomic mass is 32.1. The third-order valence-electron chi connectivity index (χ3n) is 3.26. The normalized spacial score (nSPS) is 10.0. The molecule has 0 radical (unpaired) electrons. The van der Waals surface area contributed by atoms with Gasteiger partial charge < -0.3 is 15.4 Å². The number of para-hydroxylation sites is 1. The van der Waals surface area contributed by atoms with E-state index in [1.54, 1.807) is 7.11 Å². The van der Waals surface area contributed by atoms with Crippen molar-refractivity contribution in [2.75, 3.05) is 12.4 Å². The molecule has 0 spiro atoms. The Kier molecular flexibility index (Phi) is 5.58. The molecule has 0 fully saturated rings. The molecule has 2 N–H and O–H groups in total. The fourth-order valence-electron chi connectivity index (χ4n) is 2.04. The smallest absolute Gasteiger partial charge is 0.171 e. The zero-order valence-electron chi connectivity index (χ0n) is 12.3. The van der Waals surface area contributed by atoms with Crippen LogP contribution >= 0.6 is 12.2 Å². The molecule has 0 unspecified atom stereocenters. The molecule has 0 amide bonds. The lowest BCUT2D eigenvalue weighted by atomic mass is 10.1. The zero-order valence-corrected chi connectivity index (χ0v) is 13.2. The average Bonchev–Trinajstić information content (AvgIpc) is 2.54. The maximum atomic E-state index is 5.34. The van der Waals surface area contributed by atoms with E-state index in [4.69, 9.17) is 17.0 Å². The molecule has 110 valence electrons. The zero-order chi connectivity index (χ0) is 15.1. The molecular weight excluding hydrogens is 280 g/mol. The number of hydrogen-bond acceptors (Lipinski definition) is 2. The number of aryl methyl sites for hydroxylation is 1. The lowest BCUT2D eigenvalue weighted by molar-refractivity contribution is 0.414. The average molecular weight is 300 g/mol. The summed E-state index contributed by atoms with van der Waals surface area (Å²) in [4.78, 5) is 0. The fraction of sp³-hybridized carbons (Fsp3) is 0.235. The molecule has 2 rings (SSSR count). The second-order valence-electron chi connectivity index (χ2n) is 4.67. The summed E-state index contributed by atoms with van der Waals surface area (Å²) in [5, 5.41) is 7.10. The summed E-state index contributed by atoms with van der Waals surface area (Å²) in [7, 11) is 1.66. The van der Waals surface area contributed by atoms with Crippen molar-refractivity contribution >= 4 is 23.0 Å². The van der Waals surface area contributed by atoms with Crippen molar-refractivity contribution in [1.82, 2.24) is 5.32 Å². The van der Waals surface area contributed by atoms with Gasteiger partial charge in [-0.15, -0.1) is 0 Å². The Morgan fingerprint density at radius 2 is 1.81 bits per heavy atom. The van der Waals surface area contributed by atoms with E-state index in [2.05, 4.69) is 23.6 Å². The fourth-order valence-corrected chi connectivity index (χ4v) is 2.22. The van der Waals surface area contributed by atoms with Gasteiger partial charge in [-0.05, 0) is 48.0 Å². The van der Waals surface area contributed by atoms with Crippen molar-refractivity contribution in [2.24, 2.45) is 0 Å². The molecule has 0 aliphatic heterocycles. The van der Waals surface area contributed by atoms with Crippen molar-refractivity contribution in [2.45, 2.75) is 19.9 Å². The number of anilines is 1. The van der Waals surface area contributed by atoms with E-state index in [1.165, 1.54) is 5.56 Å². The summed E-state index contributed by atoms with van der Waals surface area (Å²) >= 11 is 5.34. The molecule has 0 aliphatic carbocycles. The van der Waals surface area contributed by atoms with Gasteiger partial charge in [0.15, 0.2) is 5.11 Å². The number of rotatable bonds is 5. The Morgan fingerprint density at radius 1 is 1.10 bits per heavy atom. The van der Waals surface area contributed by atoms with E-state index in [0.717, 1.165) is 23.4 Å². The highest BCUT2D eigenvalue weighted by molar-refractivity contribution is 7.80. The van der Waals surface area contributed by atoms with Crippen LogP contribution in [0.5, 0.6) is 5.75 Å². The Bertz CT molecular complexity index is 596. The quantitative estimate of drug-likeness (QED) is 0.824. The minimum Gasteiger partial charge on any atom is -0.497 e. The van der Waals surface area contributed by atoms with E-state index in [0.29, 0.717) is 11.7 Å². The third kappa shape index (κ3) is 4.46. The van der Waals surface area contributed by atoms with Gasteiger partial charge in [-0.25, -0.2) is 0 Å². The van der Waals surface area contributed by atoms with Gasteiger partial charge >= 0.3 is 0 Å². The topological polar surface area (TPSA) is 33.3 Å². The first-order valence-electron chi connectivity index (χ1n) is 6.98. The predicted octanol–water partition coefficient (Wildman–Crippen LogP) is 3.74. The first kappa shape index (κ1) is 15.3. The van der Waals surface area contributed by atoms with Crippen LogP contribution in [0.2, 0.25) is 0 Å². The summed E-state index contributed by atoms with van der Waals surface area (Å²) in [6.07, 6.45) is 0.976. The van der Waals surface area contributed by atoms with Crippen LogP contribution in [0.4, 0.5) is 5.69 Å². The van der Waals surface area contributed by atoms with Gasteiger partial charge in [0, 0.05) is 12.2 Å². The number of nitrogens with one attached hydrogen (secondary N) is 2. The molecule has 4 heteroatoms. The number of thiocarbonyl (C=S) groups is 1. The largest absolute Gasteiger partial charge is 0.497 e. The first-order chi connectivity index (χ1) is 10.2. The van der Waals surface area contributed by atoms with Crippen LogP contribution in [0.1, 0.15) is 18.1 Å². The van der Waals surface area contributed by atoms with Crippen LogP contribution in [0.15, 0.2) is 48.5 Å². The molecule has 2 aromatic carbocycles. The number of benzene rings is 2. The standard InChI is InChI=1S/C17H20N2OS/c1-3-14-6-4-5-7-16(14)19-17(21)18-12-13-8-10-15(20-2)11-9-13/h4-11H,3,12H2,1-2H3,(H2,18,19,21). The highest BCUT2D eigenvalue weighted by Gasteiger charge is 2.02. The van der Waals surface area contributed by atoms with Crippen molar-refractivity contribution < 1.29 is 4.74 Å². The molecule has 2 aromatic rings. The van der Waals surface area contributed by atoms with Gasteiger partial charge in [0.1, 0.15) is 5.75 Å². The van der Waals surface area contributed by atoms with Crippen molar-refractivity contribution in [3.8, 4) is 5.75 Å². The molecule has 0 aromatic heterocycles. The maximum Gasteiger partial charge on any atom is 0.171 e. The lowest BCUT2D eigenvalue weighted by Gasteiger charge is -2.13. The Morgan fingerprint density at radius 3 is 2.48 bits per heavy atom. The minimum atomic E-state index is 0.631. The van der Waals surface area contributed by atoms with Crippen LogP contribution in [0, 0.1) is 0 Å². The summed E-state index contributed by atoms with van der Waals surface area (Å²) < 4.78 is 5.14. The molecule has 0 saturated heterocycles. The molecule has 0 bridgehead atoms. The van der Waals surface area contributed by atoms with Crippen LogP contribution in [0.3, 0.4) is 0 Å². The van der Waals surface area contributed by atoms with Crippen LogP contribution in [0.25, 0.3) is 0 Å². The number of ether oxygens (including phenoxy) is 1. The van der Waals surface area contributed by atoms with Gasteiger partial charge in [0.05, 0.1) is 7.11 Å². The van der Waals surface area contributed by atoms with Crippen molar-refractivity contribution in [3.63, 3.8) is 0 Å². The first-order valence-corrected chi connectivity index (χ1v) is 7.39. The highest BCUT2D eigenvalue weighted by Crippen LogP contribution is 2.15. The van der Waals surface area contributed by atoms with Crippen molar-refractivity contribution in [1.29, 1.82) is 0 Å². The van der Waals surface area contributed by atoms with E-state index in [1.807, 2.05) is 42.5 Å². The molecule has 21 heavy (non-hydrogen) atoms. The second kappa shape index (κ2) is 7.64. The molecular formula is C17H20N2OS. The SMILES string of the molecule is CCc1ccccc1NC(=S)NCc1ccc(OC)cc1. The Labute approximate surface area is 131 Å². The van der Waals surface area contributed by atoms with Crippen LogP contribution in [-0.2, 0) is 13.0 Å². The summed E-state index contributed by atoms with van der Waals surface area (Å²) in [5.41, 5.74) is 3.47. The monoisotopic (exact) mass is 300 g/mol. The van der Waals surface area contributed by atoms with E-state index in [9.17, 15) is 0 Å². The third-order valence-corrected chi connectivity index (χ3v) is 3.50. The molecule has 0 aliphatic rings. The number of methoxy groups -OCH3 is 1. The van der Waals surface area contributed by atoms with Crippen LogP contribution in [-0.4, -0.2) is 12.2 Å². The molecule has 0 atom stereocenters. The minimum absolute atomic E-state index is 0.631. The van der Waals surface area contributed by atoms with E-state index >= 15 is 0 Å². The van der Waals surface area contributed by atoms with Gasteiger partial charge in [-0.2, -0.15) is 0 Å². The maximum absolute atomic E-state index is 5.34. The van der Waals surface area contributed by atoms with E-state index < -0.39 is 0 Å². The van der Waals surface area contributed by atoms with Gasteiger partial charge in [0.25, 0.3) is 0 Å². The number of hydrogen-bond donors (Lipinski definition) is 2. The molecule has 0 saturated carbocycles. The van der Waals surface area contributed by atoms with Crippen molar-refractivity contribution in [3.05, 3.63) is 59.7 Å². The van der Waals surface area contributed by atoms with Gasteiger partial charge in [0.2, 0.25) is 0 Å². The Hall–Kier alpha value is -2.07. The lowest BCUT2D eigenvalue weighted by Crippen LogP contribution is -2.28. The molecule has 0 heterocycles. The summed E-state index contributed by atoms with van der Waals surface area (Å²) in [5.74, 6) is 0.858. The van der Waals surface area contributed by atoms with Gasteiger partial charge in [-0.1, -0.05) is 37.3 Å². The van der Waals surface area contributed by atoms with Crippen LogP contribution < -0.4 is 15.4 Å². The Balaban J connectivity index is 1.89.